The number of furan rings is 2. The minimum atomic E-state index is -0.105. The van der Waals surface area contributed by atoms with Gasteiger partial charge in [0.2, 0.25) is 0 Å². The third-order valence-electron chi connectivity index (χ3n) is 19.2. The predicted molar refractivity (Wildman–Crippen MR) is 345 cm³/mol. The van der Waals surface area contributed by atoms with E-state index >= 15 is 0 Å². The molecule has 0 atom stereocenters. The first-order chi connectivity index (χ1) is 40.2. The Kier molecular flexibility index (Phi) is 9.11. The molecule has 2 aromatic heterocycles. The van der Waals surface area contributed by atoms with Gasteiger partial charge in [-0.1, -0.05) is 234 Å². The zero-order valence-corrected chi connectivity index (χ0v) is 45.9. The first kappa shape index (κ1) is 45.8. The van der Waals surface area contributed by atoms with Crippen molar-refractivity contribution in [3.63, 3.8) is 0 Å². The zero-order chi connectivity index (χ0) is 54.3. The fourth-order valence-corrected chi connectivity index (χ4v) is 15.5. The molecule has 0 fully saturated rings. The van der Waals surface area contributed by atoms with Crippen LogP contribution in [0.15, 0.2) is 251 Å². The minimum Gasteiger partial charge on any atom is -0.452 e. The maximum atomic E-state index is 7.22. The maximum absolute atomic E-state index is 7.22. The van der Waals surface area contributed by atoms with Gasteiger partial charge in [0.25, 0.3) is 0 Å². The van der Waals surface area contributed by atoms with Gasteiger partial charge in [0, 0.05) is 32.4 Å². The van der Waals surface area contributed by atoms with Crippen LogP contribution in [-0.2, 0) is 10.8 Å². The molecule has 0 amide bonds. The molecule has 2 heteroatoms. The number of hydrogen-bond acceptors (Lipinski definition) is 2. The fourth-order valence-electron chi connectivity index (χ4n) is 15.5. The van der Waals surface area contributed by atoms with E-state index in [4.69, 9.17) is 8.83 Å². The smallest absolute Gasteiger partial charge is 0.179 e. The summed E-state index contributed by atoms with van der Waals surface area (Å²) >= 11 is 0. The molecule has 16 aromatic rings. The molecule has 2 nitrogen and oxygen atoms in total. The van der Waals surface area contributed by atoms with Crippen LogP contribution in [0, 0.1) is 0 Å². The summed E-state index contributed by atoms with van der Waals surface area (Å²) in [5.41, 5.74) is 23.5. The molecule has 18 rings (SSSR count). The van der Waals surface area contributed by atoms with E-state index in [2.05, 4.69) is 270 Å². The van der Waals surface area contributed by atoms with Gasteiger partial charge in [0.05, 0.1) is 0 Å². The van der Waals surface area contributed by atoms with E-state index in [0.717, 1.165) is 65.8 Å². The zero-order valence-electron chi connectivity index (χ0n) is 45.9. The molecule has 0 unspecified atom stereocenters. The van der Waals surface area contributed by atoms with Crippen LogP contribution in [-0.4, -0.2) is 0 Å². The first-order valence-electron chi connectivity index (χ1n) is 28.8. The summed E-state index contributed by atoms with van der Waals surface area (Å²) in [5.74, 6) is 0. The quantitative estimate of drug-likeness (QED) is 0.164. The largest absolute Gasteiger partial charge is 0.452 e. The molecular formula is C80H52O2. The van der Waals surface area contributed by atoms with Crippen LogP contribution in [0.2, 0.25) is 0 Å². The van der Waals surface area contributed by atoms with Gasteiger partial charge in [-0.15, -0.1) is 0 Å². The Morgan fingerprint density at radius 2 is 0.500 bits per heavy atom. The lowest BCUT2D eigenvalue weighted by Gasteiger charge is -2.23. The highest BCUT2D eigenvalue weighted by Gasteiger charge is 2.37. The molecular weight excluding hydrogens is 993 g/mol. The van der Waals surface area contributed by atoms with Crippen LogP contribution in [0.1, 0.15) is 49.9 Å². The second-order valence-corrected chi connectivity index (χ2v) is 24.1. The lowest BCUT2D eigenvalue weighted by Crippen LogP contribution is -2.14. The standard InChI is InChI=1S/C80H52O2/c1-79(2)65-31-17-15-19-49(65)51-37-33-45(41-67(51)79)71-53-21-5-9-25-57(53)73(58-26-10-6-22-54(58)71)47-35-39-63-69(43-47)81-77-75(63)61-29-13-14-30-62(61)76-64-40-36-48(44-70(64)82-78(76)77)74-59-27-11-7-23-55(59)72(56-24-8-12-28-60(56)74)46-34-38-52-50-20-16-18-32-66(50)80(3,4)68(52)42-46/h5-44H,1-4H3. The molecule has 2 heterocycles. The van der Waals surface area contributed by atoms with Crippen molar-refractivity contribution >= 4 is 97.7 Å². The normalized spacial score (nSPS) is 14.0. The highest BCUT2D eigenvalue weighted by atomic mass is 16.4. The highest BCUT2D eigenvalue weighted by Crippen LogP contribution is 2.55. The lowest BCUT2D eigenvalue weighted by atomic mass is 9.80. The Morgan fingerprint density at radius 1 is 0.232 bits per heavy atom. The second-order valence-electron chi connectivity index (χ2n) is 24.1. The van der Waals surface area contributed by atoms with E-state index in [-0.39, 0.29) is 10.8 Å². The molecule has 82 heavy (non-hydrogen) atoms. The summed E-state index contributed by atoms with van der Waals surface area (Å²) in [5, 5.41) is 16.4. The number of rotatable bonds is 4. The SMILES string of the molecule is CC1(C)c2ccccc2-c2ccc(-c3c4ccccc4c(-c4ccc5c(c4)oc4c6oc7cc(-c8c9ccccc9c(-c9ccc%10c(c9)C(C)(C)c9ccccc9-%10)c9ccccc89)ccc7c6c6ccccc6c54)c4ccccc34)cc21. The Bertz CT molecular complexity index is 5070. The van der Waals surface area contributed by atoms with E-state index in [1.165, 1.54) is 121 Å². The highest BCUT2D eigenvalue weighted by molar-refractivity contribution is 6.34. The second kappa shape index (κ2) is 16.3. The minimum absolute atomic E-state index is 0.105. The van der Waals surface area contributed by atoms with Crippen molar-refractivity contribution < 1.29 is 8.83 Å². The third-order valence-corrected chi connectivity index (χ3v) is 19.2. The summed E-state index contributed by atoms with van der Waals surface area (Å²) in [7, 11) is 0. The van der Waals surface area contributed by atoms with Crippen LogP contribution >= 0.6 is 0 Å². The van der Waals surface area contributed by atoms with Gasteiger partial charge in [-0.05, 0) is 179 Å². The molecule has 0 N–H and O–H groups in total. The van der Waals surface area contributed by atoms with Crippen LogP contribution in [0.5, 0.6) is 0 Å². The van der Waals surface area contributed by atoms with E-state index in [1.807, 2.05) is 0 Å². The summed E-state index contributed by atoms with van der Waals surface area (Å²) in [6.07, 6.45) is 0. The molecule has 0 saturated carbocycles. The Hall–Kier alpha value is -10.0. The average Bonchev–Trinajstić information content (AvgIpc) is 2.61. The van der Waals surface area contributed by atoms with Crippen molar-refractivity contribution in [3.05, 3.63) is 265 Å². The molecule has 0 bridgehead atoms. The van der Waals surface area contributed by atoms with Gasteiger partial charge >= 0.3 is 0 Å². The summed E-state index contributed by atoms with van der Waals surface area (Å²) in [6, 6.07) is 90.4. The van der Waals surface area contributed by atoms with E-state index in [0.29, 0.717) is 0 Å². The van der Waals surface area contributed by atoms with E-state index in [9.17, 15) is 0 Å². The van der Waals surface area contributed by atoms with Crippen LogP contribution in [0.4, 0.5) is 0 Å². The average molecular weight is 1050 g/mol. The van der Waals surface area contributed by atoms with Crippen molar-refractivity contribution in [1.29, 1.82) is 0 Å². The van der Waals surface area contributed by atoms with Crippen molar-refractivity contribution in [2.24, 2.45) is 0 Å². The molecule has 2 aliphatic rings. The maximum Gasteiger partial charge on any atom is 0.179 e. The molecule has 0 radical (unpaired) electrons. The van der Waals surface area contributed by atoms with Crippen LogP contribution in [0.3, 0.4) is 0 Å². The van der Waals surface area contributed by atoms with Gasteiger partial charge in [0.1, 0.15) is 11.2 Å². The number of fused-ring (bicyclic) bond motifs is 20. The molecule has 2 aliphatic carbocycles. The first-order valence-corrected chi connectivity index (χ1v) is 28.8. The van der Waals surface area contributed by atoms with Crippen molar-refractivity contribution in [2.75, 3.05) is 0 Å². The third kappa shape index (κ3) is 6.03. The molecule has 14 aromatic carbocycles. The van der Waals surface area contributed by atoms with Gasteiger partial charge in [0.15, 0.2) is 11.2 Å². The van der Waals surface area contributed by atoms with Crippen LogP contribution in [0.25, 0.3) is 165 Å². The van der Waals surface area contributed by atoms with E-state index < -0.39 is 0 Å². The Morgan fingerprint density at radius 3 is 0.841 bits per heavy atom. The Labute approximate surface area is 474 Å². The van der Waals surface area contributed by atoms with Gasteiger partial charge in [-0.3, -0.25) is 0 Å². The van der Waals surface area contributed by atoms with E-state index in [1.54, 1.807) is 0 Å². The molecule has 0 spiro atoms. The Balaban J connectivity index is 0.807. The van der Waals surface area contributed by atoms with Gasteiger partial charge in [-0.25, -0.2) is 0 Å². The molecule has 384 valence electrons. The predicted octanol–water partition coefficient (Wildman–Crippen LogP) is 22.5. The molecule has 0 saturated heterocycles. The van der Waals surface area contributed by atoms with Crippen molar-refractivity contribution in [2.45, 2.75) is 38.5 Å². The lowest BCUT2D eigenvalue weighted by molar-refractivity contribution is 0.634. The molecule has 0 aliphatic heterocycles. The van der Waals surface area contributed by atoms with Gasteiger partial charge in [-0.2, -0.15) is 0 Å². The summed E-state index contributed by atoms with van der Waals surface area (Å²) < 4.78 is 14.4. The summed E-state index contributed by atoms with van der Waals surface area (Å²) in [4.78, 5) is 0. The van der Waals surface area contributed by atoms with Crippen LogP contribution < -0.4 is 0 Å². The fraction of sp³-hybridized carbons (Fsp3) is 0.0750. The van der Waals surface area contributed by atoms with Gasteiger partial charge < -0.3 is 8.83 Å². The topological polar surface area (TPSA) is 26.3 Å². The summed E-state index contributed by atoms with van der Waals surface area (Å²) in [6.45, 7) is 9.47. The number of benzene rings is 14. The van der Waals surface area contributed by atoms with Crippen molar-refractivity contribution in [3.8, 4) is 66.8 Å². The van der Waals surface area contributed by atoms with Crippen molar-refractivity contribution in [1.82, 2.24) is 0 Å². The number of hydrogen-bond donors (Lipinski definition) is 0. The monoisotopic (exact) mass is 1040 g/mol.